The second kappa shape index (κ2) is 9.78. The van der Waals surface area contributed by atoms with Gasteiger partial charge in [-0.25, -0.2) is 0 Å². The number of amides is 1. The van der Waals surface area contributed by atoms with Gasteiger partial charge < -0.3 is 14.4 Å². The lowest BCUT2D eigenvalue weighted by atomic mass is 9.97. The van der Waals surface area contributed by atoms with Gasteiger partial charge >= 0.3 is 0 Å². The fourth-order valence-corrected chi connectivity index (χ4v) is 3.49. The summed E-state index contributed by atoms with van der Waals surface area (Å²) in [6.07, 6.45) is 1.02. The number of hydrogen-bond acceptors (Lipinski definition) is 3. The van der Waals surface area contributed by atoms with Gasteiger partial charge in [-0.3, -0.25) is 4.79 Å². The molecule has 0 radical (unpaired) electrons. The van der Waals surface area contributed by atoms with E-state index >= 15 is 0 Å². The summed E-state index contributed by atoms with van der Waals surface area (Å²) >= 11 is 0. The van der Waals surface area contributed by atoms with Crippen LogP contribution in [0.5, 0.6) is 11.5 Å². The summed E-state index contributed by atoms with van der Waals surface area (Å²) in [5.74, 6) is 1.54. The van der Waals surface area contributed by atoms with Gasteiger partial charge in [-0.2, -0.15) is 0 Å². The van der Waals surface area contributed by atoms with Gasteiger partial charge in [0, 0.05) is 19.5 Å². The van der Waals surface area contributed by atoms with E-state index in [4.69, 9.17) is 9.47 Å². The van der Waals surface area contributed by atoms with Crippen molar-refractivity contribution in [3.8, 4) is 11.5 Å². The Kier molecular flexibility index (Phi) is 6.90. The van der Waals surface area contributed by atoms with Crippen LogP contribution in [0.15, 0.2) is 78.9 Å². The van der Waals surface area contributed by atoms with Crippen LogP contribution in [0.2, 0.25) is 0 Å². The van der Waals surface area contributed by atoms with Crippen LogP contribution in [0, 0.1) is 0 Å². The molecule has 0 fully saturated rings. The molecule has 0 aromatic heterocycles. The van der Waals surface area contributed by atoms with E-state index in [-0.39, 0.29) is 11.9 Å². The van der Waals surface area contributed by atoms with Crippen molar-refractivity contribution in [2.75, 3.05) is 21.3 Å². The Morgan fingerprint density at radius 2 is 1.31 bits per heavy atom. The minimum Gasteiger partial charge on any atom is -0.497 e. The zero-order valence-electron chi connectivity index (χ0n) is 17.2. The first-order valence-corrected chi connectivity index (χ1v) is 9.70. The second-order valence-corrected chi connectivity index (χ2v) is 6.95. The number of hydrogen-bond donors (Lipinski definition) is 0. The van der Waals surface area contributed by atoms with Gasteiger partial charge in [0.1, 0.15) is 11.5 Å². The molecule has 0 saturated carbocycles. The second-order valence-electron chi connectivity index (χ2n) is 6.95. The van der Waals surface area contributed by atoms with Crippen LogP contribution < -0.4 is 9.47 Å². The minimum atomic E-state index is -0.121. The molecule has 0 aliphatic carbocycles. The van der Waals surface area contributed by atoms with Crippen LogP contribution in [0.4, 0.5) is 0 Å². The van der Waals surface area contributed by atoms with Gasteiger partial charge in [0.25, 0.3) is 0 Å². The molecule has 3 rings (SSSR count). The summed E-state index contributed by atoms with van der Waals surface area (Å²) in [5.41, 5.74) is 3.20. The summed E-state index contributed by atoms with van der Waals surface area (Å²) in [5, 5.41) is 0. The van der Waals surface area contributed by atoms with E-state index < -0.39 is 0 Å². The third kappa shape index (κ3) is 5.17. The van der Waals surface area contributed by atoms with E-state index in [0.29, 0.717) is 12.8 Å². The predicted molar refractivity (Wildman–Crippen MR) is 115 cm³/mol. The van der Waals surface area contributed by atoms with Gasteiger partial charge in [0.2, 0.25) is 5.91 Å². The van der Waals surface area contributed by atoms with Gasteiger partial charge in [-0.1, -0.05) is 60.7 Å². The zero-order chi connectivity index (χ0) is 20.6. The average molecular weight is 389 g/mol. The highest BCUT2D eigenvalue weighted by Gasteiger charge is 2.23. The van der Waals surface area contributed by atoms with Crippen molar-refractivity contribution < 1.29 is 14.3 Å². The smallest absolute Gasteiger partial charge is 0.223 e. The lowest BCUT2D eigenvalue weighted by Gasteiger charge is -2.29. The molecule has 0 spiro atoms. The van der Waals surface area contributed by atoms with Crippen LogP contribution in [-0.4, -0.2) is 32.1 Å². The van der Waals surface area contributed by atoms with Gasteiger partial charge in [-0.15, -0.1) is 0 Å². The third-order valence-corrected chi connectivity index (χ3v) is 5.05. The Labute approximate surface area is 172 Å². The number of carbonyl (C=O) groups excluding carboxylic acids is 1. The Morgan fingerprint density at radius 3 is 1.76 bits per heavy atom. The highest BCUT2D eigenvalue weighted by Crippen LogP contribution is 2.29. The van der Waals surface area contributed by atoms with Crippen molar-refractivity contribution in [3.63, 3.8) is 0 Å². The summed E-state index contributed by atoms with van der Waals surface area (Å²) in [6, 6.07) is 25.9. The molecule has 150 valence electrons. The average Bonchev–Trinajstić information content (AvgIpc) is 2.78. The number of nitrogens with zero attached hydrogens (tertiary/aromatic N) is 1. The van der Waals surface area contributed by atoms with Gasteiger partial charge in [0.05, 0.1) is 20.3 Å². The van der Waals surface area contributed by atoms with Crippen molar-refractivity contribution in [3.05, 3.63) is 95.6 Å². The molecular weight excluding hydrogens is 362 g/mol. The molecule has 29 heavy (non-hydrogen) atoms. The lowest BCUT2D eigenvalue weighted by Crippen LogP contribution is -2.32. The van der Waals surface area contributed by atoms with Crippen molar-refractivity contribution in [2.24, 2.45) is 0 Å². The third-order valence-electron chi connectivity index (χ3n) is 5.05. The van der Waals surface area contributed by atoms with Crippen LogP contribution in [0.1, 0.15) is 29.2 Å². The van der Waals surface area contributed by atoms with E-state index in [9.17, 15) is 4.79 Å². The first-order chi connectivity index (χ1) is 14.1. The number of aryl methyl sites for hydroxylation is 1. The summed E-state index contributed by atoms with van der Waals surface area (Å²) < 4.78 is 10.7. The Balaban J connectivity index is 1.78. The molecule has 1 amide bonds. The van der Waals surface area contributed by atoms with E-state index in [2.05, 4.69) is 24.3 Å². The topological polar surface area (TPSA) is 38.8 Å². The number of rotatable bonds is 8. The van der Waals surface area contributed by atoms with E-state index in [0.717, 1.165) is 28.2 Å². The largest absolute Gasteiger partial charge is 0.497 e. The Bertz CT molecular complexity index is 864. The SMILES string of the molecule is COc1cc(CCC(=O)N(C)C(c2ccccc2)c2ccccc2)cc(OC)c1. The molecule has 3 aromatic carbocycles. The van der Waals surface area contributed by atoms with E-state index in [1.54, 1.807) is 14.2 Å². The minimum absolute atomic E-state index is 0.0875. The normalized spacial score (nSPS) is 10.6. The number of benzene rings is 3. The quantitative estimate of drug-likeness (QED) is 0.551. The molecule has 0 N–H and O–H groups in total. The highest BCUT2D eigenvalue weighted by atomic mass is 16.5. The van der Waals surface area contributed by atoms with Crippen LogP contribution in [-0.2, 0) is 11.2 Å². The Morgan fingerprint density at radius 1 is 0.828 bits per heavy atom. The Hall–Kier alpha value is -3.27. The number of carbonyl (C=O) groups is 1. The molecule has 0 aliphatic heterocycles. The molecule has 4 heteroatoms. The molecule has 0 aliphatic rings. The molecule has 0 unspecified atom stereocenters. The van der Waals surface area contributed by atoms with Crippen molar-refractivity contribution in [1.29, 1.82) is 0 Å². The maximum absolute atomic E-state index is 13.1. The van der Waals surface area contributed by atoms with Crippen molar-refractivity contribution in [2.45, 2.75) is 18.9 Å². The molecule has 0 atom stereocenters. The first-order valence-electron chi connectivity index (χ1n) is 9.70. The predicted octanol–water partition coefficient (Wildman–Crippen LogP) is 4.88. The van der Waals surface area contributed by atoms with E-state index in [1.165, 1.54) is 0 Å². The molecular formula is C25H27NO3. The molecule has 0 saturated heterocycles. The van der Waals surface area contributed by atoms with Gasteiger partial charge in [-0.05, 0) is 35.2 Å². The van der Waals surface area contributed by atoms with Crippen molar-refractivity contribution in [1.82, 2.24) is 4.90 Å². The zero-order valence-corrected chi connectivity index (χ0v) is 17.2. The lowest BCUT2D eigenvalue weighted by molar-refractivity contribution is -0.131. The van der Waals surface area contributed by atoms with Crippen LogP contribution in [0.25, 0.3) is 0 Å². The van der Waals surface area contributed by atoms with E-state index in [1.807, 2.05) is 66.5 Å². The first kappa shape index (κ1) is 20.5. The molecule has 0 bridgehead atoms. The highest BCUT2D eigenvalue weighted by molar-refractivity contribution is 5.77. The maximum Gasteiger partial charge on any atom is 0.223 e. The summed E-state index contributed by atoms with van der Waals surface area (Å²) in [4.78, 5) is 14.9. The molecule has 4 nitrogen and oxygen atoms in total. The summed E-state index contributed by atoms with van der Waals surface area (Å²) in [7, 11) is 5.13. The molecule has 0 heterocycles. The monoisotopic (exact) mass is 389 g/mol. The fraction of sp³-hybridized carbons (Fsp3) is 0.240. The number of methoxy groups -OCH3 is 2. The standard InChI is InChI=1S/C25H27NO3/c1-26(24(27)15-14-19-16-22(28-2)18-23(17-19)29-3)25(20-10-6-4-7-11-20)21-12-8-5-9-13-21/h4-13,16-18,25H,14-15H2,1-3H3. The van der Waals surface area contributed by atoms with Crippen LogP contribution in [0.3, 0.4) is 0 Å². The number of ether oxygens (including phenoxy) is 2. The van der Waals surface area contributed by atoms with Gasteiger partial charge in [0.15, 0.2) is 0 Å². The van der Waals surface area contributed by atoms with Crippen LogP contribution >= 0.6 is 0 Å². The maximum atomic E-state index is 13.1. The van der Waals surface area contributed by atoms with Crippen molar-refractivity contribution >= 4 is 5.91 Å². The fourth-order valence-electron chi connectivity index (χ4n) is 3.49. The summed E-state index contributed by atoms with van der Waals surface area (Å²) in [6.45, 7) is 0. The molecule has 3 aromatic rings.